The number of carbonyl (C=O) groups excluding carboxylic acids is 1. The summed E-state index contributed by atoms with van der Waals surface area (Å²) in [4.78, 5) is 19.3. The van der Waals surface area contributed by atoms with Gasteiger partial charge in [-0.05, 0) is 26.0 Å². The lowest BCUT2D eigenvalue weighted by atomic mass is 10.1. The summed E-state index contributed by atoms with van der Waals surface area (Å²) in [5.74, 6) is 1.32. The summed E-state index contributed by atoms with van der Waals surface area (Å²) in [6.45, 7) is 4.30. The highest BCUT2D eigenvalue weighted by Crippen LogP contribution is 2.27. The van der Waals surface area contributed by atoms with E-state index in [1.807, 2.05) is 31.2 Å². The summed E-state index contributed by atoms with van der Waals surface area (Å²) in [6, 6.07) is 7.59. The second kappa shape index (κ2) is 5.40. The van der Waals surface area contributed by atoms with Crippen molar-refractivity contribution in [2.45, 2.75) is 13.8 Å². The number of para-hydroxylation sites is 1. The molecule has 0 unspecified atom stereocenters. The molecular weight excluding hydrogens is 228 g/mol. The number of rotatable bonds is 4. The number of benzene rings is 1. The molecule has 2 aromatic rings. The second-order valence-corrected chi connectivity index (χ2v) is 3.78. The molecule has 1 heterocycles. The van der Waals surface area contributed by atoms with Crippen LogP contribution in [0.2, 0.25) is 0 Å². The zero-order chi connectivity index (χ0) is 13.0. The average molecular weight is 242 g/mol. The largest absolute Gasteiger partial charge is 0.493 e. The number of ether oxygens (including phenoxy) is 1. The van der Waals surface area contributed by atoms with Crippen molar-refractivity contribution in [3.63, 3.8) is 0 Å². The smallest absolute Gasteiger partial charge is 0.163 e. The Hall–Kier alpha value is -2.23. The lowest BCUT2D eigenvalue weighted by Crippen LogP contribution is -1.99. The third-order valence-corrected chi connectivity index (χ3v) is 2.57. The van der Waals surface area contributed by atoms with Crippen molar-refractivity contribution in [2.75, 3.05) is 6.61 Å². The Bertz CT molecular complexity index is 567. The number of hydrogen-bond donors (Lipinski definition) is 0. The monoisotopic (exact) mass is 242 g/mol. The molecule has 0 aliphatic rings. The van der Waals surface area contributed by atoms with E-state index in [9.17, 15) is 4.79 Å². The van der Waals surface area contributed by atoms with Crippen LogP contribution in [0, 0.1) is 6.92 Å². The first-order valence-electron chi connectivity index (χ1n) is 5.77. The minimum Gasteiger partial charge on any atom is -0.493 e. The van der Waals surface area contributed by atoms with Crippen LogP contribution in [0.25, 0.3) is 11.4 Å². The lowest BCUT2D eigenvalue weighted by Gasteiger charge is -2.09. The standard InChI is InChI=1S/C14H14N2O2/c1-3-18-13-7-5-4-6-12(13)14-15-8-11(9-17)10(2)16-14/h4-9H,3H2,1-2H3. The van der Waals surface area contributed by atoms with Crippen LogP contribution in [0.5, 0.6) is 5.75 Å². The number of aryl methyl sites for hydroxylation is 1. The molecule has 0 amide bonds. The van der Waals surface area contributed by atoms with E-state index in [1.54, 1.807) is 6.92 Å². The highest BCUT2D eigenvalue weighted by Gasteiger charge is 2.09. The zero-order valence-electron chi connectivity index (χ0n) is 10.4. The summed E-state index contributed by atoms with van der Waals surface area (Å²) in [5.41, 5.74) is 2.01. The normalized spacial score (nSPS) is 10.1. The Morgan fingerprint density at radius 2 is 2.11 bits per heavy atom. The molecule has 0 N–H and O–H groups in total. The number of aldehydes is 1. The van der Waals surface area contributed by atoms with Gasteiger partial charge in [-0.2, -0.15) is 0 Å². The molecule has 2 rings (SSSR count). The number of carbonyl (C=O) groups is 1. The highest BCUT2D eigenvalue weighted by atomic mass is 16.5. The fourth-order valence-corrected chi connectivity index (χ4v) is 1.65. The maximum Gasteiger partial charge on any atom is 0.163 e. The Morgan fingerprint density at radius 1 is 1.33 bits per heavy atom. The number of hydrogen-bond acceptors (Lipinski definition) is 4. The number of nitrogens with zero attached hydrogens (tertiary/aromatic N) is 2. The Labute approximate surface area is 106 Å². The Kier molecular flexibility index (Phi) is 3.67. The molecule has 0 saturated carbocycles. The van der Waals surface area contributed by atoms with Gasteiger partial charge in [0, 0.05) is 6.20 Å². The molecule has 1 aromatic heterocycles. The van der Waals surface area contributed by atoms with Gasteiger partial charge in [-0.1, -0.05) is 12.1 Å². The predicted octanol–water partition coefficient (Wildman–Crippen LogP) is 2.66. The van der Waals surface area contributed by atoms with Crippen LogP contribution >= 0.6 is 0 Å². The molecule has 0 bridgehead atoms. The zero-order valence-corrected chi connectivity index (χ0v) is 10.4. The van der Waals surface area contributed by atoms with Crippen LogP contribution in [0.3, 0.4) is 0 Å². The van der Waals surface area contributed by atoms with Crippen LogP contribution in [0.4, 0.5) is 0 Å². The molecule has 0 saturated heterocycles. The van der Waals surface area contributed by atoms with E-state index in [4.69, 9.17) is 4.74 Å². The Morgan fingerprint density at radius 3 is 2.78 bits per heavy atom. The van der Waals surface area contributed by atoms with Crippen LogP contribution < -0.4 is 4.74 Å². The summed E-state index contributed by atoms with van der Waals surface area (Å²) in [7, 11) is 0. The topological polar surface area (TPSA) is 52.1 Å². The van der Waals surface area contributed by atoms with Crippen LogP contribution in [-0.2, 0) is 0 Å². The molecule has 0 fully saturated rings. The molecule has 4 heteroatoms. The van der Waals surface area contributed by atoms with E-state index in [-0.39, 0.29) is 0 Å². The maximum atomic E-state index is 10.7. The van der Waals surface area contributed by atoms with Crippen molar-refractivity contribution in [2.24, 2.45) is 0 Å². The summed E-state index contributed by atoms with van der Waals surface area (Å²) >= 11 is 0. The first kappa shape index (κ1) is 12.2. The quantitative estimate of drug-likeness (QED) is 0.773. The summed E-state index contributed by atoms with van der Waals surface area (Å²) < 4.78 is 5.54. The molecule has 18 heavy (non-hydrogen) atoms. The van der Waals surface area contributed by atoms with Gasteiger partial charge in [0.15, 0.2) is 12.1 Å². The van der Waals surface area contributed by atoms with E-state index in [2.05, 4.69) is 9.97 Å². The predicted molar refractivity (Wildman–Crippen MR) is 68.8 cm³/mol. The van der Waals surface area contributed by atoms with Crippen molar-refractivity contribution in [1.82, 2.24) is 9.97 Å². The molecule has 0 aliphatic carbocycles. The lowest BCUT2D eigenvalue weighted by molar-refractivity contribution is 0.112. The molecule has 0 radical (unpaired) electrons. The molecule has 1 aromatic carbocycles. The van der Waals surface area contributed by atoms with Crippen molar-refractivity contribution in [1.29, 1.82) is 0 Å². The third-order valence-electron chi connectivity index (χ3n) is 2.57. The fourth-order valence-electron chi connectivity index (χ4n) is 1.65. The average Bonchev–Trinajstić information content (AvgIpc) is 2.40. The second-order valence-electron chi connectivity index (χ2n) is 3.78. The van der Waals surface area contributed by atoms with Gasteiger partial charge in [-0.25, -0.2) is 9.97 Å². The minimum atomic E-state index is 0.507. The van der Waals surface area contributed by atoms with Gasteiger partial charge in [-0.3, -0.25) is 4.79 Å². The first-order valence-corrected chi connectivity index (χ1v) is 5.77. The third kappa shape index (κ3) is 2.37. The van der Waals surface area contributed by atoms with Crippen molar-refractivity contribution < 1.29 is 9.53 Å². The molecule has 92 valence electrons. The van der Waals surface area contributed by atoms with Gasteiger partial charge in [0.2, 0.25) is 0 Å². The maximum absolute atomic E-state index is 10.7. The van der Waals surface area contributed by atoms with Crippen molar-refractivity contribution in [3.05, 3.63) is 41.7 Å². The van der Waals surface area contributed by atoms with Crippen molar-refractivity contribution in [3.8, 4) is 17.1 Å². The minimum absolute atomic E-state index is 0.507. The van der Waals surface area contributed by atoms with Gasteiger partial charge < -0.3 is 4.74 Å². The molecular formula is C14H14N2O2. The van der Waals surface area contributed by atoms with Gasteiger partial charge in [0.25, 0.3) is 0 Å². The van der Waals surface area contributed by atoms with E-state index in [0.29, 0.717) is 23.7 Å². The molecule has 0 spiro atoms. The fraction of sp³-hybridized carbons (Fsp3) is 0.214. The summed E-state index contributed by atoms with van der Waals surface area (Å²) in [5, 5.41) is 0. The molecule has 4 nitrogen and oxygen atoms in total. The molecule has 0 atom stereocenters. The Balaban J connectivity index is 2.48. The molecule has 0 aliphatic heterocycles. The van der Waals surface area contributed by atoms with E-state index in [1.165, 1.54) is 6.20 Å². The number of aromatic nitrogens is 2. The van der Waals surface area contributed by atoms with E-state index in [0.717, 1.165) is 17.6 Å². The first-order chi connectivity index (χ1) is 8.76. The van der Waals surface area contributed by atoms with Crippen molar-refractivity contribution >= 4 is 6.29 Å². The van der Waals surface area contributed by atoms with E-state index >= 15 is 0 Å². The van der Waals surface area contributed by atoms with Crippen LogP contribution in [0.15, 0.2) is 30.5 Å². The van der Waals surface area contributed by atoms with Gasteiger partial charge in [-0.15, -0.1) is 0 Å². The van der Waals surface area contributed by atoms with E-state index < -0.39 is 0 Å². The van der Waals surface area contributed by atoms with Gasteiger partial charge in [0.05, 0.1) is 23.4 Å². The highest BCUT2D eigenvalue weighted by molar-refractivity contribution is 5.76. The van der Waals surface area contributed by atoms with Crippen LogP contribution in [0.1, 0.15) is 23.0 Å². The van der Waals surface area contributed by atoms with Crippen LogP contribution in [-0.4, -0.2) is 22.9 Å². The SMILES string of the molecule is CCOc1ccccc1-c1ncc(C=O)c(C)n1. The van der Waals surface area contributed by atoms with Gasteiger partial charge in [0.1, 0.15) is 5.75 Å². The summed E-state index contributed by atoms with van der Waals surface area (Å²) in [6.07, 6.45) is 2.29. The van der Waals surface area contributed by atoms with Gasteiger partial charge >= 0.3 is 0 Å².